The molecule has 0 radical (unpaired) electrons. The van der Waals surface area contributed by atoms with Gasteiger partial charge < -0.3 is 19.7 Å². The molecule has 2 heterocycles. The smallest absolute Gasteiger partial charge is 0.268 e. The standard InChI is InChI=1S/C19H21N4O4P/c1-23-16-8-12(4-3-7-26-2)5-6-17(16)27-10-15(19(23)25)20-18(24)14-9-13(11-28)21-22-14/h5-6,8,15H,7,9-11,28H2,1-2H3,(H,20,24)/t15-/m0/s1. The zero-order chi connectivity index (χ0) is 20.1. The molecule has 0 fully saturated rings. The summed E-state index contributed by atoms with van der Waals surface area (Å²) in [4.78, 5) is 26.8. The molecule has 0 saturated heterocycles. The van der Waals surface area contributed by atoms with Gasteiger partial charge in [0.1, 0.15) is 30.7 Å². The number of fused-ring (bicyclic) bond motifs is 1. The Labute approximate surface area is 165 Å². The summed E-state index contributed by atoms with van der Waals surface area (Å²) < 4.78 is 10.7. The quantitative estimate of drug-likeness (QED) is 0.592. The molecule has 0 bridgehead atoms. The molecule has 3 rings (SSSR count). The number of carbonyl (C=O) groups is 2. The number of nitrogens with one attached hydrogen (secondary N) is 1. The highest BCUT2D eigenvalue weighted by Gasteiger charge is 2.32. The minimum Gasteiger partial charge on any atom is -0.489 e. The molecule has 1 N–H and O–H groups in total. The first-order valence-electron chi connectivity index (χ1n) is 8.69. The molecule has 1 unspecified atom stereocenters. The highest BCUT2D eigenvalue weighted by molar-refractivity contribution is 7.18. The molecule has 28 heavy (non-hydrogen) atoms. The Bertz CT molecular complexity index is 916. The number of anilines is 1. The van der Waals surface area contributed by atoms with Crippen LogP contribution in [0.1, 0.15) is 12.0 Å². The van der Waals surface area contributed by atoms with E-state index in [1.807, 2.05) is 6.07 Å². The Morgan fingerprint density at radius 1 is 1.46 bits per heavy atom. The fraction of sp³-hybridized carbons (Fsp3) is 0.368. The van der Waals surface area contributed by atoms with Crippen LogP contribution < -0.4 is 15.0 Å². The van der Waals surface area contributed by atoms with E-state index in [4.69, 9.17) is 9.47 Å². The molecule has 0 saturated carbocycles. The third kappa shape index (κ3) is 4.38. The lowest BCUT2D eigenvalue weighted by Crippen LogP contribution is -2.51. The van der Waals surface area contributed by atoms with Crippen molar-refractivity contribution in [1.82, 2.24) is 5.32 Å². The Balaban J connectivity index is 1.72. The van der Waals surface area contributed by atoms with E-state index < -0.39 is 11.9 Å². The van der Waals surface area contributed by atoms with Crippen LogP contribution in [0.3, 0.4) is 0 Å². The molecule has 2 atom stereocenters. The predicted molar refractivity (Wildman–Crippen MR) is 110 cm³/mol. The summed E-state index contributed by atoms with van der Waals surface area (Å²) in [5.41, 5.74) is 2.44. The second-order valence-corrected chi connectivity index (χ2v) is 6.65. The molecule has 9 heteroatoms. The number of methoxy groups -OCH3 is 1. The van der Waals surface area contributed by atoms with Crippen molar-refractivity contribution in [3.8, 4) is 17.6 Å². The Kier molecular flexibility index (Phi) is 6.40. The molecule has 8 nitrogen and oxygen atoms in total. The van der Waals surface area contributed by atoms with Crippen molar-refractivity contribution in [1.29, 1.82) is 0 Å². The molecular formula is C19H21N4O4P. The van der Waals surface area contributed by atoms with E-state index in [1.165, 1.54) is 4.90 Å². The van der Waals surface area contributed by atoms with Gasteiger partial charge in [-0.25, -0.2) is 0 Å². The van der Waals surface area contributed by atoms with E-state index in [1.54, 1.807) is 26.3 Å². The number of nitrogens with zero attached hydrogens (tertiary/aromatic N) is 3. The first-order valence-corrected chi connectivity index (χ1v) is 9.50. The third-order valence-electron chi connectivity index (χ3n) is 4.29. The zero-order valence-corrected chi connectivity index (χ0v) is 16.8. The predicted octanol–water partition coefficient (Wildman–Crippen LogP) is 0.600. The SMILES string of the molecule is COCC#Cc1ccc2c(c1)N(C)C(=O)[C@@H](NC(=O)C1=NN=C(CP)C1)CO2. The molecule has 146 valence electrons. The number of benzene rings is 1. The van der Waals surface area contributed by atoms with Crippen LogP contribution >= 0.6 is 9.24 Å². The van der Waals surface area contributed by atoms with E-state index in [-0.39, 0.29) is 12.5 Å². The highest BCUT2D eigenvalue weighted by Crippen LogP contribution is 2.31. The van der Waals surface area contributed by atoms with Crippen molar-refractivity contribution in [3.05, 3.63) is 23.8 Å². The largest absolute Gasteiger partial charge is 0.489 e. The molecule has 0 aliphatic carbocycles. The number of hydrogen-bond acceptors (Lipinski definition) is 6. The molecule has 1 aromatic carbocycles. The van der Waals surface area contributed by atoms with Crippen LogP contribution in [0.5, 0.6) is 5.75 Å². The molecule has 0 spiro atoms. The van der Waals surface area contributed by atoms with Crippen LogP contribution in [0.4, 0.5) is 5.69 Å². The zero-order valence-electron chi connectivity index (χ0n) is 15.7. The van der Waals surface area contributed by atoms with Gasteiger partial charge in [0.2, 0.25) is 0 Å². The number of hydrogen-bond donors (Lipinski definition) is 1. The van der Waals surface area contributed by atoms with Gasteiger partial charge in [0, 0.05) is 32.3 Å². The van der Waals surface area contributed by atoms with Crippen LogP contribution in [0.15, 0.2) is 28.4 Å². The first kappa shape index (κ1) is 20.0. The lowest BCUT2D eigenvalue weighted by atomic mass is 10.1. The van der Waals surface area contributed by atoms with Crippen molar-refractivity contribution in [2.75, 3.05) is 38.4 Å². The number of ether oxygens (including phenoxy) is 2. The van der Waals surface area contributed by atoms with E-state index >= 15 is 0 Å². The highest BCUT2D eigenvalue weighted by atomic mass is 31.0. The minimum absolute atomic E-state index is 0.0290. The van der Waals surface area contributed by atoms with Crippen LogP contribution in [-0.4, -0.2) is 62.8 Å². The lowest BCUT2D eigenvalue weighted by molar-refractivity contribution is -0.124. The Morgan fingerprint density at radius 2 is 2.29 bits per heavy atom. The van der Waals surface area contributed by atoms with Gasteiger partial charge in [0.05, 0.1) is 11.4 Å². The molecule has 2 aliphatic heterocycles. The second kappa shape index (κ2) is 8.96. The summed E-state index contributed by atoms with van der Waals surface area (Å²) >= 11 is 0. The van der Waals surface area contributed by atoms with Gasteiger partial charge in [-0.1, -0.05) is 11.8 Å². The maximum atomic E-state index is 12.9. The molecule has 2 amide bonds. The van der Waals surface area contributed by atoms with E-state index in [0.29, 0.717) is 36.3 Å². The summed E-state index contributed by atoms with van der Waals surface area (Å²) in [5.74, 6) is 5.71. The molecule has 1 aromatic rings. The van der Waals surface area contributed by atoms with Crippen molar-refractivity contribution in [2.24, 2.45) is 10.2 Å². The Hall–Kier alpha value is -2.75. The van der Waals surface area contributed by atoms with Gasteiger partial charge in [-0.15, -0.1) is 14.3 Å². The van der Waals surface area contributed by atoms with Crippen LogP contribution in [0, 0.1) is 11.8 Å². The third-order valence-corrected chi connectivity index (χ3v) is 4.76. The fourth-order valence-electron chi connectivity index (χ4n) is 2.77. The first-order chi connectivity index (χ1) is 13.5. The van der Waals surface area contributed by atoms with Gasteiger partial charge in [-0.3, -0.25) is 9.59 Å². The Morgan fingerprint density at radius 3 is 3.00 bits per heavy atom. The average molecular weight is 400 g/mol. The van der Waals surface area contributed by atoms with Gasteiger partial charge in [-0.05, 0) is 18.2 Å². The summed E-state index contributed by atoms with van der Waals surface area (Å²) in [6.07, 6.45) is 1.04. The number of likely N-dealkylation sites (N-methyl/N-ethyl adjacent to an activating group) is 1. The normalized spacial score (nSPS) is 18.2. The maximum absolute atomic E-state index is 12.9. The molecule has 0 aromatic heterocycles. The van der Waals surface area contributed by atoms with Gasteiger partial charge in [-0.2, -0.15) is 5.10 Å². The summed E-state index contributed by atoms with van der Waals surface area (Å²) in [7, 11) is 5.77. The fourth-order valence-corrected chi connectivity index (χ4v) is 2.99. The molecular weight excluding hydrogens is 379 g/mol. The molecule has 2 aliphatic rings. The minimum atomic E-state index is -0.823. The second-order valence-electron chi connectivity index (χ2n) is 6.25. The monoisotopic (exact) mass is 400 g/mol. The van der Waals surface area contributed by atoms with Crippen LogP contribution in [-0.2, 0) is 14.3 Å². The summed E-state index contributed by atoms with van der Waals surface area (Å²) in [6, 6.07) is 4.53. The number of carbonyl (C=O) groups excluding carboxylic acids is 2. The topological polar surface area (TPSA) is 92.6 Å². The van der Waals surface area contributed by atoms with Gasteiger partial charge in [0.25, 0.3) is 11.8 Å². The van der Waals surface area contributed by atoms with Gasteiger partial charge >= 0.3 is 0 Å². The number of rotatable bonds is 4. The summed E-state index contributed by atoms with van der Waals surface area (Å²) in [5, 5.41) is 10.6. The number of amides is 2. The van der Waals surface area contributed by atoms with E-state index in [0.717, 1.165) is 11.3 Å². The lowest BCUT2D eigenvalue weighted by Gasteiger charge is -2.20. The van der Waals surface area contributed by atoms with Crippen molar-refractivity contribution in [2.45, 2.75) is 12.5 Å². The van der Waals surface area contributed by atoms with Gasteiger partial charge in [0.15, 0.2) is 0 Å². The maximum Gasteiger partial charge on any atom is 0.268 e. The van der Waals surface area contributed by atoms with E-state index in [9.17, 15) is 9.59 Å². The summed E-state index contributed by atoms with van der Waals surface area (Å²) in [6.45, 7) is 0.351. The average Bonchev–Trinajstić information content (AvgIpc) is 3.16. The van der Waals surface area contributed by atoms with Crippen molar-refractivity contribution < 1.29 is 19.1 Å². The van der Waals surface area contributed by atoms with E-state index in [2.05, 4.69) is 36.6 Å². The van der Waals surface area contributed by atoms with Crippen LogP contribution in [0.2, 0.25) is 0 Å². The van der Waals surface area contributed by atoms with Crippen molar-refractivity contribution >= 4 is 38.2 Å². The van der Waals surface area contributed by atoms with Crippen molar-refractivity contribution in [3.63, 3.8) is 0 Å². The van der Waals surface area contributed by atoms with Crippen LogP contribution in [0.25, 0.3) is 0 Å².